The van der Waals surface area contributed by atoms with Crippen LogP contribution in [0, 0.1) is 28.6 Å². The van der Waals surface area contributed by atoms with Gasteiger partial charge in [-0.15, -0.1) is 0 Å². The first-order valence-electron chi connectivity index (χ1n) is 13.4. The number of esters is 2. The van der Waals surface area contributed by atoms with Crippen LogP contribution in [-0.2, 0) is 23.8 Å². The molecule has 8 atom stereocenters. The first-order chi connectivity index (χ1) is 18.0. The van der Waals surface area contributed by atoms with Crippen LogP contribution in [0.5, 0.6) is 0 Å². The highest BCUT2D eigenvalue weighted by molar-refractivity contribution is 5.91. The van der Waals surface area contributed by atoms with Crippen molar-refractivity contribution in [3.05, 3.63) is 71.5 Å². The number of rotatable bonds is 5. The van der Waals surface area contributed by atoms with Gasteiger partial charge in [-0.2, -0.15) is 0 Å². The van der Waals surface area contributed by atoms with Crippen LogP contribution in [-0.4, -0.2) is 46.7 Å². The van der Waals surface area contributed by atoms with Crippen LogP contribution in [0.1, 0.15) is 57.3 Å². The number of hydrogen-bond donors (Lipinski definition) is 1. The monoisotopic (exact) mass is 518 g/mol. The third-order valence-electron chi connectivity index (χ3n) is 10.3. The highest BCUT2D eigenvalue weighted by atomic mass is 16.6. The number of ketones is 1. The van der Waals surface area contributed by atoms with Crippen LogP contribution in [0.25, 0.3) is 0 Å². The maximum absolute atomic E-state index is 13.3. The summed E-state index contributed by atoms with van der Waals surface area (Å²) in [6, 6.07) is 8.92. The van der Waals surface area contributed by atoms with Gasteiger partial charge in [0.2, 0.25) is 5.78 Å². The topological polar surface area (TPSA) is 102 Å². The maximum Gasteiger partial charge on any atom is 0.343 e. The van der Waals surface area contributed by atoms with Gasteiger partial charge in [-0.25, -0.2) is 4.79 Å². The summed E-state index contributed by atoms with van der Waals surface area (Å²) in [5.41, 5.74) is -1.58. The highest BCUT2D eigenvalue weighted by Gasteiger charge is 2.81. The molecule has 5 aliphatic rings. The molecule has 2 saturated carbocycles. The van der Waals surface area contributed by atoms with E-state index < -0.39 is 46.4 Å². The molecule has 4 aliphatic carbocycles. The van der Waals surface area contributed by atoms with Crippen molar-refractivity contribution in [3.63, 3.8) is 0 Å². The van der Waals surface area contributed by atoms with E-state index in [1.165, 1.54) is 6.92 Å². The summed E-state index contributed by atoms with van der Waals surface area (Å²) in [4.78, 5) is 37.3. The Morgan fingerprint density at radius 3 is 2.58 bits per heavy atom. The Kier molecular flexibility index (Phi) is 5.47. The summed E-state index contributed by atoms with van der Waals surface area (Å²) in [6.07, 6.45) is 9.96. The Balaban J connectivity index is 1.29. The zero-order valence-corrected chi connectivity index (χ0v) is 22.2. The maximum atomic E-state index is 13.3. The molecular formula is C31H34O7. The standard InChI is InChI=1S/C31H34O7/c1-18-14-24-23-11-10-21-15-22(37-27(34)20-8-6-5-7-9-20)12-13-28(21,3)31(23)26(38-31)16-29(24,4)30(18,35)25(33)17-36-19(2)32/h5-10,12-13,15,18,23-24,26,35H,11,14,16-17H2,1-4H3/t18-,23+,24+,26+,28+,29+,30+,31-/m1/s1. The van der Waals surface area contributed by atoms with Gasteiger partial charge in [0.1, 0.15) is 17.0 Å². The third-order valence-corrected chi connectivity index (χ3v) is 10.3. The van der Waals surface area contributed by atoms with E-state index in [9.17, 15) is 19.5 Å². The predicted molar refractivity (Wildman–Crippen MR) is 138 cm³/mol. The number of benzene rings is 1. The van der Waals surface area contributed by atoms with Crippen LogP contribution >= 0.6 is 0 Å². The minimum absolute atomic E-state index is 0.0619. The summed E-state index contributed by atoms with van der Waals surface area (Å²) >= 11 is 0. The molecule has 1 aliphatic heterocycles. The molecule has 7 nitrogen and oxygen atoms in total. The molecule has 3 fully saturated rings. The fourth-order valence-electron chi connectivity index (χ4n) is 8.41. The molecule has 6 rings (SSSR count). The van der Waals surface area contributed by atoms with E-state index in [-0.39, 0.29) is 23.9 Å². The minimum Gasteiger partial charge on any atom is -0.458 e. The van der Waals surface area contributed by atoms with Crippen molar-refractivity contribution in [2.24, 2.45) is 28.6 Å². The normalized spacial score (nSPS) is 41.9. The van der Waals surface area contributed by atoms with Gasteiger partial charge in [0.05, 0.1) is 11.7 Å². The first kappa shape index (κ1) is 25.3. The largest absolute Gasteiger partial charge is 0.458 e. The fourth-order valence-corrected chi connectivity index (χ4v) is 8.41. The zero-order chi connectivity index (χ0) is 27.1. The van der Waals surface area contributed by atoms with E-state index in [2.05, 4.69) is 19.1 Å². The lowest BCUT2D eigenvalue weighted by Gasteiger charge is -2.54. The summed E-state index contributed by atoms with van der Waals surface area (Å²) in [5.74, 6) is -0.955. The second-order valence-corrected chi connectivity index (χ2v) is 12.1. The second kappa shape index (κ2) is 8.23. The van der Waals surface area contributed by atoms with Crippen LogP contribution in [0.3, 0.4) is 0 Å². The Labute approximate surface area is 222 Å². The van der Waals surface area contributed by atoms with Gasteiger partial charge in [-0.05, 0) is 73.8 Å². The van der Waals surface area contributed by atoms with Gasteiger partial charge in [-0.1, -0.05) is 44.2 Å². The molecule has 1 aromatic carbocycles. The highest BCUT2D eigenvalue weighted by Crippen LogP contribution is 2.75. The molecule has 0 radical (unpaired) electrons. The van der Waals surface area contributed by atoms with Crippen molar-refractivity contribution in [2.75, 3.05) is 6.61 Å². The first-order valence-corrected chi connectivity index (χ1v) is 13.4. The van der Waals surface area contributed by atoms with Gasteiger partial charge in [-0.3, -0.25) is 9.59 Å². The molecule has 1 spiro atoms. The average Bonchev–Trinajstić information content (AvgIpc) is 3.57. The van der Waals surface area contributed by atoms with Gasteiger partial charge in [0, 0.05) is 17.8 Å². The number of fused-ring (bicyclic) bond motifs is 3. The Hall–Kier alpha value is -3.03. The summed E-state index contributed by atoms with van der Waals surface area (Å²) in [6.45, 7) is 6.96. The van der Waals surface area contributed by atoms with Crippen LogP contribution in [0.4, 0.5) is 0 Å². The summed E-state index contributed by atoms with van der Waals surface area (Å²) in [5, 5.41) is 11.9. The van der Waals surface area contributed by atoms with Gasteiger partial charge < -0.3 is 19.3 Å². The number of hydrogen-bond acceptors (Lipinski definition) is 7. The number of carbonyl (C=O) groups is 3. The number of allylic oxidation sites excluding steroid dienone is 3. The van der Waals surface area contributed by atoms with Crippen molar-refractivity contribution in [2.45, 2.75) is 64.3 Å². The molecule has 1 heterocycles. The van der Waals surface area contributed by atoms with Crippen molar-refractivity contribution >= 4 is 17.7 Å². The van der Waals surface area contributed by atoms with Gasteiger partial charge >= 0.3 is 11.9 Å². The van der Waals surface area contributed by atoms with Crippen LogP contribution in [0.15, 0.2) is 66.0 Å². The number of carbonyl (C=O) groups excluding carboxylic acids is 3. The Bertz CT molecular complexity index is 1310. The number of ether oxygens (including phenoxy) is 3. The quantitative estimate of drug-likeness (QED) is 0.458. The van der Waals surface area contributed by atoms with Crippen molar-refractivity contribution in [1.82, 2.24) is 0 Å². The Morgan fingerprint density at radius 2 is 1.87 bits per heavy atom. The summed E-state index contributed by atoms with van der Waals surface area (Å²) in [7, 11) is 0. The van der Waals surface area contributed by atoms with E-state index in [4.69, 9.17) is 14.2 Å². The second-order valence-electron chi connectivity index (χ2n) is 12.1. The lowest BCUT2D eigenvalue weighted by atomic mass is 9.48. The lowest BCUT2D eigenvalue weighted by Crippen LogP contribution is -2.62. The van der Waals surface area contributed by atoms with E-state index in [1.54, 1.807) is 24.3 Å². The van der Waals surface area contributed by atoms with Crippen molar-refractivity contribution in [1.29, 1.82) is 0 Å². The molecule has 1 aromatic rings. The number of Topliss-reactive ketones (excluding diaryl/α,β-unsaturated/α-hetero) is 1. The summed E-state index contributed by atoms with van der Waals surface area (Å²) < 4.78 is 17.3. The van der Waals surface area contributed by atoms with E-state index in [1.807, 2.05) is 32.1 Å². The molecule has 0 aromatic heterocycles. The predicted octanol–water partition coefficient (Wildman–Crippen LogP) is 4.32. The third kappa shape index (κ3) is 3.18. The molecule has 0 amide bonds. The fraction of sp³-hybridized carbons (Fsp3) is 0.516. The van der Waals surface area contributed by atoms with Crippen molar-refractivity contribution < 1.29 is 33.7 Å². The lowest BCUT2D eigenvalue weighted by molar-refractivity contribution is -0.170. The van der Waals surface area contributed by atoms with Crippen LogP contribution < -0.4 is 0 Å². The van der Waals surface area contributed by atoms with Gasteiger partial charge in [0.15, 0.2) is 6.61 Å². The molecule has 1 N–H and O–H groups in total. The zero-order valence-electron chi connectivity index (χ0n) is 22.2. The van der Waals surface area contributed by atoms with E-state index >= 15 is 0 Å². The smallest absolute Gasteiger partial charge is 0.343 e. The van der Waals surface area contributed by atoms with Crippen LogP contribution in [0.2, 0.25) is 0 Å². The molecule has 0 bridgehead atoms. The average molecular weight is 519 g/mol. The number of aliphatic hydroxyl groups is 1. The van der Waals surface area contributed by atoms with E-state index in [0.717, 1.165) is 12.0 Å². The SMILES string of the molecule is CC(=O)OCC(=O)[C@@]1(O)[C@H](C)C[C@H]2[C@@H]3CC=C4C=C(OC(=O)c5ccccc5)C=C[C@]4(C)[C@@]34O[C@H]4C[C@@]21C. The molecular weight excluding hydrogens is 484 g/mol. The molecule has 200 valence electrons. The van der Waals surface area contributed by atoms with Gasteiger partial charge in [0.25, 0.3) is 0 Å². The number of epoxide rings is 1. The Morgan fingerprint density at radius 1 is 1.13 bits per heavy atom. The minimum atomic E-state index is -1.59. The molecule has 38 heavy (non-hydrogen) atoms. The molecule has 0 unspecified atom stereocenters. The van der Waals surface area contributed by atoms with Crippen molar-refractivity contribution in [3.8, 4) is 0 Å². The molecule has 1 saturated heterocycles. The van der Waals surface area contributed by atoms with E-state index in [0.29, 0.717) is 24.2 Å². The molecule has 7 heteroatoms.